The summed E-state index contributed by atoms with van der Waals surface area (Å²) < 4.78 is 12.2. The fourth-order valence-electron chi connectivity index (χ4n) is 4.11. The maximum Gasteiger partial charge on any atom is 0.438 e. The molecule has 1 N–H and O–H groups in total. The molecule has 3 nitrogen and oxygen atoms in total. The van der Waals surface area contributed by atoms with Gasteiger partial charge in [0.1, 0.15) is 0 Å². The van der Waals surface area contributed by atoms with Crippen LogP contribution >= 0.6 is 0 Å². The van der Waals surface area contributed by atoms with Crippen molar-refractivity contribution in [2.75, 3.05) is 0 Å². The van der Waals surface area contributed by atoms with Gasteiger partial charge in [0, 0.05) is 0 Å². The van der Waals surface area contributed by atoms with E-state index in [1.165, 1.54) is 6.42 Å². The fraction of sp³-hybridized carbons (Fsp3) is 1.00. The van der Waals surface area contributed by atoms with Crippen LogP contribution in [-0.2, 0) is 9.31 Å². The van der Waals surface area contributed by atoms with Gasteiger partial charge in [-0.1, -0.05) is 27.2 Å². The first-order chi connectivity index (χ1) is 7.88. The minimum absolute atomic E-state index is 0.123. The van der Waals surface area contributed by atoms with Gasteiger partial charge in [-0.2, -0.15) is 0 Å². The lowest BCUT2D eigenvalue weighted by Crippen LogP contribution is -2.63. The molecule has 2 bridgehead atoms. The molecular formula is C13H23BNO2-. The third kappa shape index (κ3) is 1.47. The molecule has 0 aromatic carbocycles. The van der Waals surface area contributed by atoms with Gasteiger partial charge in [0.2, 0.25) is 0 Å². The van der Waals surface area contributed by atoms with Crippen LogP contribution in [0.15, 0.2) is 0 Å². The summed E-state index contributed by atoms with van der Waals surface area (Å²) in [4.78, 5) is 0. The molecule has 0 aromatic heterocycles. The van der Waals surface area contributed by atoms with Crippen molar-refractivity contribution in [3.8, 4) is 0 Å². The summed E-state index contributed by atoms with van der Waals surface area (Å²) in [5, 5.41) is 0. The van der Waals surface area contributed by atoms with Gasteiger partial charge in [-0.3, -0.25) is 0 Å². The van der Waals surface area contributed by atoms with Crippen molar-refractivity contribution in [3.63, 3.8) is 0 Å². The first-order valence-electron chi connectivity index (χ1n) is 6.93. The Kier molecular flexibility index (Phi) is 2.46. The van der Waals surface area contributed by atoms with Gasteiger partial charge in [-0.05, 0) is 37.0 Å². The molecule has 4 aliphatic rings. The Morgan fingerprint density at radius 2 is 2.12 bits per heavy atom. The first kappa shape index (κ1) is 12.0. The van der Waals surface area contributed by atoms with Crippen molar-refractivity contribution < 1.29 is 9.31 Å². The number of rotatable bonds is 2. The smallest absolute Gasteiger partial charge is 0.438 e. The van der Waals surface area contributed by atoms with E-state index >= 15 is 0 Å². The summed E-state index contributed by atoms with van der Waals surface area (Å²) >= 11 is 0. The minimum atomic E-state index is -0.301. The second-order valence-corrected chi connectivity index (χ2v) is 6.93. The zero-order chi connectivity index (χ0) is 12.4. The highest BCUT2D eigenvalue weighted by Gasteiger charge is 2.66. The molecule has 1 saturated heterocycles. The predicted octanol–water partition coefficient (Wildman–Crippen LogP) is 3.08. The van der Waals surface area contributed by atoms with E-state index in [0.29, 0.717) is 11.3 Å². The molecule has 0 radical (unpaired) electrons. The Hall–Kier alpha value is -0.0551. The van der Waals surface area contributed by atoms with Gasteiger partial charge in [0.05, 0.1) is 11.7 Å². The van der Waals surface area contributed by atoms with Crippen LogP contribution in [0.25, 0.3) is 5.73 Å². The second kappa shape index (κ2) is 3.49. The van der Waals surface area contributed by atoms with Crippen molar-refractivity contribution in [3.05, 3.63) is 5.73 Å². The SMILES string of the molecule is CC[C@@H]([NH-])B1O[C@H]2[C@@H]3CC(C[C@@]2(C)O1)C3(C)C. The third-order valence-corrected chi connectivity index (χ3v) is 5.60. The van der Waals surface area contributed by atoms with Crippen LogP contribution in [0.2, 0.25) is 0 Å². The Morgan fingerprint density at radius 3 is 2.71 bits per heavy atom. The summed E-state index contributed by atoms with van der Waals surface area (Å²) in [5.74, 6) is 1.17. The van der Waals surface area contributed by atoms with E-state index in [9.17, 15) is 0 Å². The molecule has 4 fully saturated rings. The van der Waals surface area contributed by atoms with Crippen molar-refractivity contribution in [2.24, 2.45) is 17.3 Å². The average Bonchev–Trinajstić information content (AvgIpc) is 2.64. The van der Waals surface area contributed by atoms with Crippen molar-refractivity contribution in [2.45, 2.75) is 64.6 Å². The van der Waals surface area contributed by atoms with Gasteiger partial charge in [-0.15, -0.1) is 5.94 Å². The lowest BCUT2D eigenvalue weighted by atomic mass is 9.45. The number of hydrogen-bond acceptors (Lipinski definition) is 2. The van der Waals surface area contributed by atoms with E-state index in [1.807, 2.05) is 6.92 Å². The first-order valence-corrected chi connectivity index (χ1v) is 6.93. The topological polar surface area (TPSA) is 42.3 Å². The Balaban J connectivity index is 1.81. The quantitative estimate of drug-likeness (QED) is 0.691. The Morgan fingerprint density at radius 1 is 1.41 bits per heavy atom. The monoisotopic (exact) mass is 236 g/mol. The highest BCUT2D eigenvalue weighted by atomic mass is 16.7. The summed E-state index contributed by atoms with van der Waals surface area (Å²) in [5.41, 5.74) is 8.27. The lowest BCUT2D eigenvalue weighted by Gasteiger charge is -2.63. The zero-order valence-electron chi connectivity index (χ0n) is 11.3. The Labute approximate surface area is 105 Å². The summed E-state index contributed by atoms with van der Waals surface area (Å²) in [6.45, 7) is 8.94. The molecular weight excluding hydrogens is 213 g/mol. The molecule has 3 saturated carbocycles. The van der Waals surface area contributed by atoms with Crippen LogP contribution in [0.1, 0.15) is 47.0 Å². The second-order valence-electron chi connectivity index (χ2n) is 6.93. The molecule has 96 valence electrons. The molecule has 5 atom stereocenters. The van der Waals surface area contributed by atoms with Crippen LogP contribution in [0.5, 0.6) is 0 Å². The van der Waals surface area contributed by atoms with E-state index in [0.717, 1.165) is 18.8 Å². The van der Waals surface area contributed by atoms with E-state index in [4.69, 9.17) is 15.0 Å². The van der Waals surface area contributed by atoms with E-state index in [1.54, 1.807) is 0 Å². The fourth-order valence-corrected chi connectivity index (χ4v) is 4.11. The minimum Gasteiger partial charge on any atom is -0.677 e. The van der Waals surface area contributed by atoms with Crippen molar-refractivity contribution in [1.29, 1.82) is 0 Å². The molecule has 1 aliphatic heterocycles. The normalized spacial score (nSPS) is 48.5. The molecule has 1 unspecified atom stereocenters. The highest BCUT2D eigenvalue weighted by molar-refractivity contribution is 6.48. The van der Waals surface area contributed by atoms with E-state index in [-0.39, 0.29) is 24.8 Å². The molecule has 1 heterocycles. The summed E-state index contributed by atoms with van der Waals surface area (Å²) in [7, 11) is -0.301. The molecule has 17 heavy (non-hydrogen) atoms. The lowest BCUT2D eigenvalue weighted by molar-refractivity contribution is -0.185. The standard InChI is InChI=1S/C13H23BNO2/c1-5-10(15)14-16-11-9-6-8(12(9,2)3)7-13(11,4)17-14/h8-11,15H,5-7H2,1-4H3/q-1/t8?,9-,10+,11-,13+/m0/s1. The average molecular weight is 236 g/mol. The van der Waals surface area contributed by atoms with E-state index in [2.05, 4.69) is 20.8 Å². The third-order valence-electron chi connectivity index (χ3n) is 5.60. The van der Waals surface area contributed by atoms with Crippen LogP contribution in [0, 0.1) is 17.3 Å². The summed E-state index contributed by atoms with van der Waals surface area (Å²) in [6.07, 6.45) is 3.41. The number of nitrogens with one attached hydrogen (secondary N) is 1. The largest absolute Gasteiger partial charge is 0.677 e. The van der Waals surface area contributed by atoms with Gasteiger partial charge in [0.15, 0.2) is 0 Å². The molecule has 0 amide bonds. The molecule has 3 aliphatic carbocycles. The van der Waals surface area contributed by atoms with Crippen LogP contribution < -0.4 is 0 Å². The van der Waals surface area contributed by atoms with Crippen molar-refractivity contribution >= 4 is 7.12 Å². The molecule has 0 aromatic rings. The predicted molar refractivity (Wildman–Crippen MR) is 68.5 cm³/mol. The van der Waals surface area contributed by atoms with Crippen molar-refractivity contribution in [1.82, 2.24) is 0 Å². The summed E-state index contributed by atoms with van der Waals surface area (Å²) in [6, 6.07) is 0. The number of hydrogen-bond donors (Lipinski definition) is 0. The van der Waals surface area contributed by atoms with Crippen LogP contribution in [0.3, 0.4) is 0 Å². The van der Waals surface area contributed by atoms with Gasteiger partial charge in [-0.25, -0.2) is 0 Å². The van der Waals surface area contributed by atoms with Gasteiger partial charge in [0.25, 0.3) is 0 Å². The van der Waals surface area contributed by atoms with Gasteiger partial charge >= 0.3 is 7.12 Å². The van der Waals surface area contributed by atoms with Crippen LogP contribution in [-0.4, -0.2) is 24.8 Å². The van der Waals surface area contributed by atoms with E-state index < -0.39 is 0 Å². The maximum atomic E-state index is 7.98. The van der Waals surface area contributed by atoms with Gasteiger partial charge < -0.3 is 15.0 Å². The zero-order valence-corrected chi connectivity index (χ0v) is 11.3. The molecule has 4 heteroatoms. The van der Waals surface area contributed by atoms with Crippen LogP contribution in [0.4, 0.5) is 0 Å². The maximum absolute atomic E-state index is 7.98. The molecule has 0 spiro atoms. The Bertz CT molecular complexity index is 335. The highest BCUT2D eigenvalue weighted by Crippen LogP contribution is 2.64. The molecule has 4 rings (SSSR count).